The zero-order valence-electron chi connectivity index (χ0n) is 10.0. The molecule has 0 saturated carbocycles. The van der Waals surface area contributed by atoms with Crippen molar-refractivity contribution in [3.63, 3.8) is 0 Å². The average Bonchev–Trinajstić information content (AvgIpc) is 2.30. The lowest BCUT2D eigenvalue weighted by atomic mass is 9.86. The lowest BCUT2D eigenvalue weighted by Gasteiger charge is -2.20. The summed E-state index contributed by atoms with van der Waals surface area (Å²) < 4.78 is 0. The van der Waals surface area contributed by atoms with E-state index in [0.29, 0.717) is 5.92 Å². The van der Waals surface area contributed by atoms with Crippen LogP contribution in [0.1, 0.15) is 56.6 Å². The van der Waals surface area contributed by atoms with Crippen LogP contribution in [0.5, 0.6) is 0 Å². The summed E-state index contributed by atoms with van der Waals surface area (Å²) in [5.41, 5.74) is 2.73. The zero-order chi connectivity index (χ0) is 11.3. The number of aliphatic hydroxyl groups is 1. The number of benzene rings is 1. The van der Waals surface area contributed by atoms with Crippen molar-refractivity contribution in [2.75, 3.05) is 6.61 Å². The fourth-order valence-corrected chi connectivity index (χ4v) is 2.16. The van der Waals surface area contributed by atoms with Crippen molar-refractivity contribution in [2.45, 2.75) is 45.4 Å². The normalized spacial score (nSPS) is 13.1. The first-order valence-electron chi connectivity index (χ1n) is 5.94. The van der Waals surface area contributed by atoms with Crippen LogP contribution >= 0.6 is 0 Å². The second kappa shape index (κ2) is 5.92. The van der Waals surface area contributed by atoms with Crippen LogP contribution in [0.3, 0.4) is 0 Å². The van der Waals surface area contributed by atoms with Gasteiger partial charge in [0.25, 0.3) is 0 Å². The Bertz CT molecular complexity index is 289. The molecule has 1 rings (SSSR count). The first-order chi connectivity index (χ1) is 7.24. The fourth-order valence-electron chi connectivity index (χ4n) is 2.16. The topological polar surface area (TPSA) is 20.2 Å². The van der Waals surface area contributed by atoms with E-state index in [0.717, 1.165) is 0 Å². The molecule has 15 heavy (non-hydrogen) atoms. The number of aliphatic hydroxyl groups excluding tert-OH is 1. The molecule has 0 heterocycles. The zero-order valence-corrected chi connectivity index (χ0v) is 10.0. The van der Waals surface area contributed by atoms with Gasteiger partial charge >= 0.3 is 0 Å². The van der Waals surface area contributed by atoms with Crippen LogP contribution < -0.4 is 0 Å². The first-order valence-corrected chi connectivity index (χ1v) is 5.94. The highest BCUT2D eigenvalue weighted by molar-refractivity contribution is 5.33. The molecule has 1 heteroatoms. The van der Waals surface area contributed by atoms with Crippen molar-refractivity contribution < 1.29 is 5.11 Å². The van der Waals surface area contributed by atoms with E-state index in [-0.39, 0.29) is 12.5 Å². The maximum atomic E-state index is 9.24. The van der Waals surface area contributed by atoms with Gasteiger partial charge in [0.15, 0.2) is 0 Å². The summed E-state index contributed by atoms with van der Waals surface area (Å²) in [5, 5.41) is 9.24. The molecule has 1 atom stereocenters. The number of hydrogen-bond acceptors (Lipinski definition) is 1. The van der Waals surface area contributed by atoms with Crippen molar-refractivity contribution in [2.24, 2.45) is 0 Å². The monoisotopic (exact) mass is 206 g/mol. The molecule has 0 aliphatic heterocycles. The molecule has 0 bridgehead atoms. The molecular formula is C14H22O. The molecule has 0 fully saturated rings. The molecule has 0 aromatic heterocycles. The van der Waals surface area contributed by atoms with Gasteiger partial charge in [0.05, 0.1) is 0 Å². The highest BCUT2D eigenvalue weighted by atomic mass is 16.3. The summed E-state index contributed by atoms with van der Waals surface area (Å²) in [6.07, 6.45) is 2.34. The largest absolute Gasteiger partial charge is 0.396 e. The standard InChI is InChI=1S/C14H22O/c1-4-12(5-2)14-9-7-6-8-13(14)11(3)10-15/h6-9,11-12,15H,4-5,10H2,1-3H3. The van der Waals surface area contributed by atoms with Crippen molar-refractivity contribution in [1.29, 1.82) is 0 Å². The molecule has 0 spiro atoms. The Labute approximate surface area is 93.1 Å². The predicted molar refractivity (Wildman–Crippen MR) is 65.3 cm³/mol. The molecule has 0 radical (unpaired) electrons. The summed E-state index contributed by atoms with van der Waals surface area (Å²) in [7, 11) is 0. The Morgan fingerprint density at radius 3 is 2.07 bits per heavy atom. The predicted octanol–water partition coefficient (Wildman–Crippen LogP) is 3.69. The Morgan fingerprint density at radius 1 is 1.07 bits per heavy atom. The lowest BCUT2D eigenvalue weighted by molar-refractivity contribution is 0.272. The van der Waals surface area contributed by atoms with Crippen LogP contribution in [0.4, 0.5) is 0 Å². The summed E-state index contributed by atoms with van der Waals surface area (Å²) in [6.45, 7) is 6.78. The van der Waals surface area contributed by atoms with Gasteiger partial charge in [-0.25, -0.2) is 0 Å². The van der Waals surface area contributed by atoms with E-state index < -0.39 is 0 Å². The molecule has 0 amide bonds. The Balaban J connectivity index is 3.04. The number of rotatable bonds is 5. The van der Waals surface area contributed by atoms with E-state index >= 15 is 0 Å². The Hall–Kier alpha value is -0.820. The minimum atomic E-state index is 0.233. The molecule has 1 nitrogen and oxygen atoms in total. The molecular weight excluding hydrogens is 184 g/mol. The van der Waals surface area contributed by atoms with Crippen molar-refractivity contribution in [3.05, 3.63) is 35.4 Å². The third-order valence-electron chi connectivity index (χ3n) is 3.23. The molecule has 1 aromatic carbocycles. The van der Waals surface area contributed by atoms with E-state index in [9.17, 15) is 5.11 Å². The van der Waals surface area contributed by atoms with Gasteiger partial charge in [-0.3, -0.25) is 0 Å². The highest BCUT2D eigenvalue weighted by Crippen LogP contribution is 2.30. The van der Waals surface area contributed by atoms with Crippen molar-refractivity contribution in [1.82, 2.24) is 0 Å². The van der Waals surface area contributed by atoms with Gasteiger partial charge in [0.2, 0.25) is 0 Å². The second-order valence-corrected chi connectivity index (χ2v) is 4.23. The van der Waals surface area contributed by atoms with Crippen molar-refractivity contribution in [3.8, 4) is 0 Å². The minimum absolute atomic E-state index is 0.233. The maximum Gasteiger partial charge on any atom is 0.0497 e. The van der Waals surface area contributed by atoms with E-state index in [1.807, 2.05) is 0 Å². The van der Waals surface area contributed by atoms with Gasteiger partial charge in [0.1, 0.15) is 0 Å². The molecule has 0 aliphatic carbocycles. The van der Waals surface area contributed by atoms with Crippen LogP contribution in [0, 0.1) is 0 Å². The van der Waals surface area contributed by atoms with Gasteiger partial charge in [-0.05, 0) is 29.9 Å². The van der Waals surface area contributed by atoms with E-state index in [1.54, 1.807) is 0 Å². The average molecular weight is 206 g/mol. The van der Waals surface area contributed by atoms with Gasteiger partial charge in [-0.2, -0.15) is 0 Å². The quantitative estimate of drug-likeness (QED) is 0.779. The second-order valence-electron chi connectivity index (χ2n) is 4.23. The Morgan fingerprint density at radius 2 is 1.60 bits per heavy atom. The fraction of sp³-hybridized carbons (Fsp3) is 0.571. The van der Waals surface area contributed by atoms with Crippen LogP contribution in [0.2, 0.25) is 0 Å². The SMILES string of the molecule is CCC(CC)c1ccccc1C(C)CO. The van der Waals surface area contributed by atoms with E-state index in [4.69, 9.17) is 0 Å². The molecule has 1 unspecified atom stereocenters. The van der Waals surface area contributed by atoms with Crippen molar-refractivity contribution >= 4 is 0 Å². The number of hydrogen-bond donors (Lipinski definition) is 1. The lowest BCUT2D eigenvalue weighted by Crippen LogP contribution is -2.06. The first kappa shape index (κ1) is 12.3. The smallest absolute Gasteiger partial charge is 0.0497 e. The highest BCUT2D eigenvalue weighted by Gasteiger charge is 2.14. The summed E-state index contributed by atoms with van der Waals surface area (Å²) >= 11 is 0. The van der Waals surface area contributed by atoms with Crippen LogP contribution in [0.25, 0.3) is 0 Å². The van der Waals surface area contributed by atoms with Crippen LogP contribution in [-0.4, -0.2) is 11.7 Å². The molecule has 1 aromatic rings. The minimum Gasteiger partial charge on any atom is -0.396 e. The Kier molecular flexibility index (Phi) is 4.83. The summed E-state index contributed by atoms with van der Waals surface area (Å²) in [6, 6.07) is 8.52. The molecule has 0 aliphatic rings. The third-order valence-corrected chi connectivity index (χ3v) is 3.23. The van der Waals surface area contributed by atoms with E-state index in [2.05, 4.69) is 45.0 Å². The van der Waals surface area contributed by atoms with Crippen LogP contribution in [-0.2, 0) is 0 Å². The summed E-state index contributed by atoms with van der Waals surface area (Å²) in [5.74, 6) is 0.886. The maximum absolute atomic E-state index is 9.24. The van der Waals surface area contributed by atoms with Crippen LogP contribution in [0.15, 0.2) is 24.3 Å². The molecule has 1 N–H and O–H groups in total. The van der Waals surface area contributed by atoms with E-state index in [1.165, 1.54) is 24.0 Å². The van der Waals surface area contributed by atoms with Gasteiger partial charge in [0, 0.05) is 12.5 Å². The summed E-state index contributed by atoms with van der Waals surface area (Å²) in [4.78, 5) is 0. The van der Waals surface area contributed by atoms with Gasteiger partial charge < -0.3 is 5.11 Å². The van der Waals surface area contributed by atoms with Gasteiger partial charge in [-0.1, -0.05) is 45.0 Å². The third kappa shape index (κ3) is 2.82. The molecule has 0 saturated heterocycles. The van der Waals surface area contributed by atoms with Gasteiger partial charge in [-0.15, -0.1) is 0 Å². The molecule has 84 valence electrons.